The van der Waals surface area contributed by atoms with Gasteiger partial charge in [-0.1, -0.05) is 30.3 Å². The lowest BCUT2D eigenvalue weighted by Gasteiger charge is -2.51. The lowest BCUT2D eigenvalue weighted by atomic mass is 9.75. The molecule has 5 atom stereocenters. The summed E-state index contributed by atoms with van der Waals surface area (Å²) in [5.41, 5.74) is 7.43. The number of amides is 1. The molecule has 2 bridgehead atoms. The topological polar surface area (TPSA) is 64.7 Å². The van der Waals surface area contributed by atoms with E-state index in [9.17, 15) is 9.59 Å². The van der Waals surface area contributed by atoms with Gasteiger partial charge in [0.05, 0.1) is 12.1 Å². The van der Waals surface area contributed by atoms with Crippen molar-refractivity contribution in [1.82, 2.24) is 20.7 Å². The molecule has 6 heteroatoms. The molecule has 5 fully saturated rings. The molecule has 1 aromatic rings. The van der Waals surface area contributed by atoms with Crippen LogP contribution in [0.2, 0.25) is 0 Å². The molecule has 5 heterocycles. The van der Waals surface area contributed by atoms with E-state index in [1.807, 2.05) is 0 Å². The van der Waals surface area contributed by atoms with Crippen LogP contribution in [0.3, 0.4) is 0 Å². The van der Waals surface area contributed by atoms with Crippen molar-refractivity contribution in [3.8, 4) is 0 Å². The van der Waals surface area contributed by atoms with Gasteiger partial charge in [-0.25, -0.2) is 10.9 Å². The molecule has 0 radical (unpaired) electrons. The number of Topliss-reactive ketones (excluding diaryl/α,β-unsaturated/α-hetero) is 1. The number of carbonyl (C=O) groups is 2. The summed E-state index contributed by atoms with van der Waals surface area (Å²) in [6, 6.07) is 10.9. The molecule has 0 spiro atoms. The van der Waals surface area contributed by atoms with E-state index in [1.165, 1.54) is 18.4 Å². The molecule has 0 aliphatic carbocycles. The van der Waals surface area contributed by atoms with Crippen LogP contribution in [0.25, 0.3) is 0 Å². The minimum Gasteiger partial charge on any atom is -0.336 e. The zero-order valence-electron chi connectivity index (χ0n) is 15.8. The molecule has 0 saturated carbocycles. The maximum Gasteiger partial charge on any atom is 0.241 e. The number of piperidine rings is 3. The summed E-state index contributed by atoms with van der Waals surface area (Å²) >= 11 is 0. The third kappa shape index (κ3) is 2.82. The number of hydrogen-bond acceptors (Lipinski definition) is 5. The molecule has 6 nitrogen and oxygen atoms in total. The summed E-state index contributed by atoms with van der Waals surface area (Å²) in [6.45, 7) is 4.69. The van der Waals surface area contributed by atoms with E-state index in [0.29, 0.717) is 30.3 Å². The Morgan fingerprint density at radius 3 is 2.37 bits per heavy atom. The summed E-state index contributed by atoms with van der Waals surface area (Å²) in [6.07, 6.45) is 2.93. The SMILES string of the molecule is CC(=O)C1CC(C(=O)N2C[C@H](c3ccccc3)[C@H]3[C@@H]2C2CCN3CC2)NN1. The van der Waals surface area contributed by atoms with Crippen LogP contribution in [0.15, 0.2) is 30.3 Å². The van der Waals surface area contributed by atoms with Crippen LogP contribution in [0.4, 0.5) is 0 Å². The largest absolute Gasteiger partial charge is 0.336 e. The van der Waals surface area contributed by atoms with Crippen LogP contribution in [0.1, 0.15) is 37.7 Å². The van der Waals surface area contributed by atoms with Crippen LogP contribution in [0.5, 0.6) is 0 Å². The van der Waals surface area contributed by atoms with Crippen molar-refractivity contribution in [2.45, 2.75) is 56.3 Å². The van der Waals surface area contributed by atoms with Crippen molar-refractivity contribution in [2.24, 2.45) is 5.92 Å². The first kappa shape index (κ1) is 17.3. The first-order valence-electron chi connectivity index (χ1n) is 10.2. The molecule has 1 aromatic carbocycles. The predicted octanol–water partition coefficient (Wildman–Crippen LogP) is 0.899. The Kier molecular flexibility index (Phi) is 4.30. The Bertz CT molecular complexity index is 731. The van der Waals surface area contributed by atoms with Gasteiger partial charge in [0.1, 0.15) is 11.8 Å². The van der Waals surface area contributed by atoms with E-state index in [1.54, 1.807) is 6.92 Å². The fourth-order valence-corrected chi connectivity index (χ4v) is 5.85. The molecular weight excluding hydrogens is 340 g/mol. The average molecular weight is 368 g/mol. The number of nitrogens with zero attached hydrogens (tertiary/aromatic N) is 2. The molecular formula is C21H28N4O2. The number of carbonyl (C=O) groups excluding carboxylic acids is 2. The van der Waals surface area contributed by atoms with Crippen LogP contribution < -0.4 is 10.9 Å². The minimum atomic E-state index is -0.301. The molecule has 0 aromatic heterocycles. The van der Waals surface area contributed by atoms with Gasteiger partial charge in [-0.15, -0.1) is 0 Å². The van der Waals surface area contributed by atoms with Crippen molar-refractivity contribution >= 4 is 11.7 Å². The Morgan fingerprint density at radius 1 is 1.00 bits per heavy atom. The molecule has 2 unspecified atom stereocenters. The molecule has 5 saturated heterocycles. The number of benzene rings is 1. The summed E-state index contributed by atoms with van der Waals surface area (Å²) in [4.78, 5) is 29.9. The molecule has 5 aliphatic heterocycles. The lowest BCUT2D eigenvalue weighted by Crippen LogP contribution is -2.62. The van der Waals surface area contributed by atoms with E-state index < -0.39 is 0 Å². The number of fused-ring (bicyclic) bond motifs is 2. The second kappa shape index (κ2) is 6.69. The first-order chi connectivity index (χ1) is 13.1. The molecule has 5 aliphatic rings. The third-order valence-electron chi connectivity index (χ3n) is 7.20. The summed E-state index contributed by atoms with van der Waals surface area (Å²) in [5, 5.41) is 0. The number of likely N-dealkylation sites (tertiary alicyclic amines) is 1. The first-order valence-corrected chi connectivity index (χ1v) is 10.2. The van der Waals surface area contributed by atoms with Gasteiger partial charge in [-0.2, -0.15) is 0 Å². The predicted molar refractivity (Wildman–Crippen MR) is 102 cm³/mol. The van der Waals surface area contributed by atoms with Crippen molar-refractivity contribution < 1.29 is 9.59 Å². The van der Waals surface area contributed by atoms with Crippen LogP contribution in [0, 0.1) is 5.92 Å². The number of rotatable bonds is 3. The highest BCUT2D eigenvalue weighted by Crippen LogP contribution is 2.46. The third-order valence-corrected chi connectivity index (χ3v) is 7.20. The van der Waals surface area contributed by atoms with Gasteiger partial charge in [-0.3, -0.25) is 14.5 Å². The second-order valence-corrected chi connectivity index (χ2v) is 8.60. The highest BCUT2D eigenvalue weighted by Gasteiger charge is 2.55. The van der Waals surface area contributed by atoms with E-state index in [-0.39, 0.29) is 23.8 Å². The summed E-state index contributed by atoms with van der Waals surface area (Å²) in [5.74, 6) is 1.23. The van der Waals surface area contributed by atoms with Gasteiger partial charge in [0.2, 0.25) is 5.91 Å². The van der Waals surface area contributed by atoms with E-state index >= 15 is 0 Å². The Morgan fingerprint density at radius 2 is 1.70 bits per heavy atom. The van der Waals surface area contributed by atoms with Gasteiger partial charge in [0, 0.05) is 18.5 Å². The zero-order valence-corrected chi connectivity index (χ0v) is 15.8. The number of nitrogens with one attached hydrogen (secondary N) is 2. The zero-order chi connectivity index (χ0) is 18.5. The monoisotopic (exact) mass is 368 g/mol. The van der Waals surface area contributed by atoms with Gasteiger partial charge >= 0.3 is 0 Å². The number of hydrogen-bond donors (Lipinski definition) is 2. The fourth-order valence-electron chi connectivity index (χ4n) is 5.85. The normalized spacial score (nSPS) is 40.2. The average Bonchev–Trinajstić information content (AvgIpc) is 3.36. The van der Waals surface area contributed by atoms with Crippen LogP contribution >= 0.6 is 0 Å². The maximum atomic E-state index is 13.4. The van der Waals surface area contributed by atoms with E-state index in [0.717, 1.165) is 19.6 Å². The van der Waals surface area contributed by atoms with Crippen LogP contribution in [-0.2, 0) is 9.59 Å². The fraction of sp³-hybridized carbons (Fsp3) is 0.619. The van der Waals surface area contributed by atoms with Crippen LogP contribution in [-0.4, -0.2) is 65.3 Å². The Hall–Kier alpha value is -1.76. The van der Waals surface area contributed by atoms with Crippen molar-refractivity contribution in [2.75, 3.05) is 19.6 Å². The summed E-state index contributed by atoms with van der Waals surface area (Å²) in [7, 11) is 0. The maximum absolute atomic E-state index is 13.4. The Balaban J connectivity index is 1.43. The van der Waals surface area contributed by atoms with Gasteiger partial charge < -0.3 is 4.90 Å². The van der Waals surface area contributed by atoms with Gasteiger partial charge in [0.15, 0.2) is 0 Å². The van der Waals surface area contributed by atoms with Crippen molar-refractivity contribution in [3.05, 3.63) is 35.9 Å². The quantitative estimate of drug-likeness (QED) is 0.830. The highest BCUT2D eigenvalue weighted by atomic mass is 16.2. The standard InChI is InChI=1S/C21H28N4O2/c1-13(26)17-11-18(23-22-17)21(27)25-12-16(14-5-3-2-4-6-14)20-19(25)15-7-9-24(20)10-8-15/h2-6,15-20,22-23H,7-12H2,1H3/t16-,17?,18?,19+,20+/m1/s1. The lowest BCUT2D eigenvalue weighted by molar-refractivity contribution is -0.138. The Labute approximate surface area is 160 Å². The smallest absolute Gasteiger partial charge is 0.241 e. The minimum absolute atomic E-state index is 0.0853. The van der Waals surface area contributed by atoms with E-state index in [4.69, 9.17) is 0 Å². The van der Waals surface area contributed by atoms with Gasteiger partial charge in [0.25, 0.3) is 0 Å². The molecule has 2 N–H and O–H groups in total. The van der Waals surface area contributed by atoms with Crippen molar-refractivity contribution in [3.63, 3.8) is 0 Å². The van der Waals surface area contributed by atoms with Crippen molar-refractivity contribution in [1.29, 1.82) is 0 Å². The van der Waals surface area contributed by atoms with Gasteiger partial charge in [-0.05, 0) is 50.8 Å². The molecule has 1 amide bonds. The molecule has 27 heavy (non-hydrogen) atoms. The number of ketones is 1. The second-order valence-electron chi connectivity index (χ2n) is 8.60. The summed E-state index contributed by atoms with van der Waals surface area (Å²) < 4.78 is 0. The molecule has 6 rings (SSSR count). The van der Waals surface area contributed by atoms with E-state index in [2.05, 4.69) is 51.0 Å². The highest BCUT2D eigenvalue weighted by molar-refractivity contribution is 5.87. The molecule has 144 valence electrons. The number of hydrazine groups is 1.